The van der Waals surface area contributed by atoms with Crippen LogP contribution in [0.1, 0.15) is 25.0 Å². The van der Waals surface area contributed by atoms with E-state index in [0.717, 1.165) is 28.2 Å². The minimum Gasteiger partial charge on any atom is -0.481 e. The summed E-state index contributed by atoms with van der Waals surface area (Å²) in [5, 5.41) is 3.89. The van der Waals surface area contributed by atoms with E-state index in [1.54, 1.807) is 18.3 Å². The highest BCUT2D eigenvalue weighted by molar-refractivity contribution is 7.21. The number of nitrogens with one attached hydrogen (secondary N) is 1. The summed E-state index contributed by atoms with van der Waals surface area (Å²) in [6.07, 6.45) is 0.382. The van der Waals surface area contributed by atoms with Gasteiger partial charge in [-0.1, -0.05) is 25.1 Å². The number of aryl methyl sites for hydroxylation is 2. The Labute approximate surface area is 180 Å². The maximum atomic E-state index is 12.5. The van der Waals surface area contributed by atoms with Gasteiger partial charge < -0.3 is 10.1 Å². The second-order valence-corrected chi connectivity index (χ2v) is 8.35. The average molecular weight is 417 g/mol. The largest absolute Gasteiger partial charge is 0.481 e. The molecule has 4 aromatic rings. The smallest absolute Gasteiger partial charge is 0.265 e. The first-order valence-corrected chi connectivity index (χ1v) is 10.9. The molecule has 4 rings (SSSR count). The number of fused-ring (bicyclic) bond motifs is 1. The molecule has 0 unspecified atom stereocenters. The molecule has 3 aromatic carbocycles. The van der Waals surface area contributed by atoms with Crippen molar-refractivity contribution in [3.8, 4) is 16.3 Å². The van der Waals surface area contributed by atoms with Gasteiger partial charge in [-0.05, 0) is 79.9 Å². The van der Waals surface area contributed by atoms with Crippen LogP contribution in [0.5, 0.6) is 5.75 Å². The molecule has 0 bridgehead atoms. The molecule has 0 aliphatic heterocycles. The van der Waals surface area contributed by atoms with Crippen molar-refractivity contribution >= 4 is 33.1 Å². The third kappa shape index (κ3) is 4.52. The Morgan fingerprint density at radius 2 is 1.80 bits per heavy atom. The summed E-state index contributed by atoms with van der Waals surface area (Å²) in [4.78, 5) is 17.2. The molecule has 1 atom stereocenters. The average Bonchev–Trinajstić information content (AvgIpc) is 3.18. The summed E-state index contributed by atoms with van der Waals surface area (Å²) < 4.78 is 6.94. The van der Waals surface area contributed by atoms with Gasteiger partial charge in [0.15, 0.2) is 6.10 Å². The fourth-order valence-electron chi connectivity index (χ4n) is 3.16. The van der Waals surface area contributed by atoms with E-state index < -0.39 is 6.10 Å². The minimum absolute atomic E-state index is 0.183. The summed E-state index contributed by atoms with van der Waals surface area (Å²) in [5.41, 5.74) is 5.25. The second kappa shape index (κ2) is 8.67. The van der Waals surface area contributed by atoms with Gasteiger partial charge in [0, 0.05) is 11.3 Å². The standard InChI is InChI=1S/C25H24N2O2S/c1-4-18-6-12-21(13-7-18)29-17(3)24(28)26-20-10-8-19(9-11-20)25-27-22-14-5-16(2)15-23(22)30-25/h5-15,17H,4H2,1-3H3,(H,26,28)/t17-/m1/s1. The van der Waals surface area contributed by atoms with Gasteiger partial charge in [-0.2, -0.15) is 0 Å². The molecule has 1 amide bonds. The number of aromatic nitrogens is 1. The first kappa shape index (κ1) is 20.1. The van der Waals surface area contributed by atoms with Gasteiger partial charge >= 0.3 is 0 Å². The number of hydrogen-bond donors (Lipinski definition) is 1. The summed E-state index contributed by atoms with van der Waals surface area (Å²) >= 11 is 1.67. The predicted octanol–water partition coefficient (Wildman–Crippen LogP) is 6.24. The molecule has 1 N–H and O–H groups in total. The molecule has 4 nitrogen and oxygen atoms in total. The molecule has 0 saturated heterocycles. The fourth-order valence-corrected chi connectivity index (χ4v) is 4.23. The zero-order valence-corrected chi connectivity index (χ0v) is 18.1. The number of amides is 1. The third-order valence-corrected chi connectivity index (χ3v) is 6.02. The van der Waals surface area contributed by atoms with Crippen molar-refractivity contribution in [3.63, 3.8) is 0 Å². The van der Waals surface area contributed by atoms with Crippen LogP contribution in [0.25, 0.3) is 20.8 Å². The van der Waals surface area contributed by atoms with Crippen LogP contribution in [-0.2, 0) is 11.2 Å². The Hall–Kier alpha value is -3.18. The lowest BCUT2D eigenvalue weighted by Gasteiger charge is -2.15. The minimum atomic E-state index is -0.593. The summed E-state index contributed by atoms with van der Waals surface area (Å²) in [6.45, 7) is 5.94. The van der Waals surface area contributed by atoms with E-state index in [-0.39, 0.29) is 5.91 Å². The van der Waals surface area contributed by atoms with Crippen molar-refractivity contribution in [3.05, 3.63) is 77.9 Å². The van der Waals surface area contributed by atoms with Crippen molar-refractivity contribution in [2.24, 2.45) is 0 Å². The van der Waals surface area contributed by atoms with Crippen molar-refractivity contribution in [1.82, 2.24) is 4.98 Å². The van der Waals surface area contributed by atoms with Crippen LogP contribution in [0.4, 0.5) is 5.69 Å². The van der Waals surface area contributed by atoms with Crippen LogP contribution >= 0.6 is 11.3 Å². The number of carbonyl (C=O) groups is 1. The lowest BCUT2D eigenvalue weighted by atomic mass is 10.2. The van der Waals surface area contributed by atoms with Crippen LogP contribution in [-0.4, -0.2) is 17.0 Å². The van der Waals surface area contributed by atoms with E-state index in [4.69, 9.17) is 9.72 Å². The third-order valence-electron chi connectivity index (χ3n) is 4.96. The number of carbonyl (C=O) groups excluding carboxylic acids is 1. The predicted molar refractivity (Wildman–Crippen MR) is 124 cm³/mol. The molecule has 0 fully saturated rings. The van der Waals surface area contributed by atoms with Gasteiger partial charge in [-0.25, -0.2) is 4.98 Å². The monoisotopic (exact) mass is 416 g/mol. The van der Waals surface area contributed by atoms with Crippen molar-refractivity contribution in [1.29, 1.82) is 0 Å². The van der Waals surface area contributed by atoms with Gasteiger partial charge in [0.05, 0.1) is 10.2 Å². The molecular formula is C25H24N2O2S. The second-order valence-electron chi connectivity index (χ2n) is 7.31. The number of ether oxygens (including phenoxy) is 1. The number of thiazole rings is 1. The highest BCUT2D eigenvalue weighted by Gasteiger charge is 2.15. The number of anilines is 1. The van der Waals surface area contributed by atoms with E-state index in [1.165, 1.54) is 15.8 Å². The molecule has 152 valence electrons. The normalized spacial score (nSPS) is 12.0. The molecule has 0 radical (unpaired) electrons. The zero-order chi connectivity index (χ0) is 21.1. The van der Waals surface area contributed by atoms with Gasteiger partial charge in [0.2, 0.25) is 0 Å². The summed E-state index contributed by atoms with van der Waals surface area (Å²) in [5.74, 6) is 0.508. The van der Waals surface area contributed by atoms with Gasteiger partial charge in [-0.3, -0.25) is 4.79 Å². The molecule has 1 aromatic heterocycles. The van der Waals surface area contributed by atoms with Gasteiger partial charge in [-0.15, -0.1) is 11.3 Å². The molecule has 0 aliphatic rings. The lowest BCUT2D eigenvalue weighted by Crippen LogP contribution is -2.30. The van der Waals surface area contributed by atoms with Crippen molar-refractivity contribution in [2.45, 2.75) is 33.3 Å². The van der Waals surface area contributed by atoms with Crippen molar-refractivity contribution < 1.29 is 9.53 Å². The van der Waals surface area contributed by atoms with E-state index in [9.17, 15) is 4.79 Å². The number of rotatable bonds is 6. The van der Waals surface area contributed by atoms with Crippen LogP contribution < -0.4 is 10.1 Å². The molecule has 0 aliphatic carbocycles. The SMILES string of the molecule is CCc1ccc(O[C@H](C)C(=O)Nc2ccc(-c3nc4ccc(C)cc4s3)cc2)cc1. The zero-order valence-electron chi connectivity index (χ0n) is 17.3. The maximum Gasteiger partial charge on any atom is 0.265 e. The topological polar surface area (TPSA) is 51.2 Å². The highest BCUT2D eigenvalue weighted by Crippen LogP contribution is 2.31. The highest BCUT2D eigenvalue weighted by atomic mass is 32.1. The quantitative estimate of drug-likeness (QED) is 0.405. The van der Waals surface area contributed by atoms with Crippen LogP contribution in [0, 0.1) is 6.92 Å². The maximum absolute atomic E-state index is 12.5. The Balaban J connectivity index is 1.41. The van der Waals surface area contributed by atoms with E-state index >= 15 is 0 Å². The first-order chi connectivity index (χ1) is 14.5. The van der Waals surface area contributed by atoms with Crippen LogP contribution in [0.3, 0.4) is 0 Å². The van der Waals surface area contributed by atoms with Crippen LogP contribution in [0.2, 0.25) is 0 Å². The molecular weight excluding hydrogens is 392 g/mol. The van der Waals surface area contributed by atoms with Crippen molar-refractivity contribution in [2.75, 3.05) is 5.32 Å². The fraction of sp³-hybridized carbons (Fsp3) is 0.200. The summed E-state index contributed by atoms with van der Waals surface area (Å²) in [6, 6.07) is 21.9. The molecule has 0 saturated carbocycles. The Morgan fingerprint density at radius 1 is 1.07 bits per heavy atom. The Kier molecular flexibility index (Phi) is 5.81. The first-order valence-electron chi connectivity index (χ1n) is 10.1. The molecule has 5 heteroatoms. The Bertz CT molecular complexity index is 1160. The van der Waals surface area contributed by atoms with E-state index in [2.05, 4.69) is 37.4 Å². The number of hydrogen-bond acceptors (Lipinski definition) is 4. The lowest BCUT2D eigenvalue weighted by molar-refractivity contribution is -0.122. The van der Waals surface area contributed by atoms with E-state index in [0.29, 0.717) is 5.75 Å². The number of nitrogens with zero attached hydrogens (tertiary/aromatic N) is 1. The Morgan fingerprint density at radius 3 is 2.50 bits per heavy atom. The van der Waals surface area contributed by atoms with Gasteiger partial charge in [0.1, 0.15) is 10.8 Å². The van der Waals surface area contributed by atoms with Gasteiger partial charge in [0.25, 0.3) is 5.91 Å². The molecule has 1 heterocycles. The molecule has 0 spiro atoms. The number of benzene rings is 3. The van der Waals surface area contributed by atoms with E-state index in [1.807, 2.05) is 48.5 Å². The molecule has 30 heavy (non-hydrogen) atoms. The summed E-state index contributed by atoms with van der Waals surface area (Å²) in [7, 11) is 0. The van der Waals surface area contributed by atoms with Crippen LogP contribution in [0.15, 0.2) is 66.7 Å².